The molecular formula is C19H32O7. The van der Waals surface area contributed by atoms with Gasteiger partial charge in [-0.1, -0.05) is 26.0 Å². The molecule has 2 rings (SSSR count). The van der Waals surface area contributed by atoms with Crippen LogP contribution in [0.3, 0.4) is 0 Å². The van der Waals surface area contributed by atoms with E-state index in [0.717, 1.165) is 0 Å². The van der Waals surface area contributed by atoms with Crippen molar-refractivity contribution in [1.29, 1.82) is 0 Å². The van der Waals surface area contributed by atoms with Crippen molar-refractivity contribution in [3.8, 4) is 0 Å². The Kier molecular flexibility index (Phi) is 6.64. The van der Waals surface area contributed by atoms with Gasteiger partial charge in [0.15, 0.2) is 5.79 Å². The Balaban J connectivity index is 2.07. The second-order valence-corrected chi connectivity index (χ2v) is 7.73. The van der Waals surface area contributed by atoms with Crippen LogP contribution in [-0.2, 0) is 14.3 Å². The summed E-state index contributed by atoms with van der Waals surface area (Å²) >= 11 is 0. The minimum atomic E-state index is -1.44. The van der Waals surface area contributed by atoms with E-state index in [-0.39, 0.29) is 25.0 Å². The predicted molar refractivity (Wildman–Crippen MR) is 94.2 cm³/mol. The minimum Gasteiger partial charge on any atom is -0.396 e. The van der Waals surface area contributed by atoms with Gasteiger partial charge in [0.2, 0.25) is 0 Å². The third-order valence-corrected chi connectivity index (χ3v) is 5.83. The van der Waals surface area contributed by atoms with Crippen LogP contribution in [0.25, 0.3) is 0 Å². The van der Waals surface area contributed by atoms with Crippen molar-refractivity contribution in [2.24, 2.45) is 17.8 Å². The first kappa shape index (κ1) is 21.5. The number of aliphatic hydroxyl groups excluding tert-OH is 3. The van der Waals surface area contributed by atoms with E-state index in [2.05, 4.69) is 0 Å². The van der Waals surface area contributed by atoms with Crippen LogP contribution in [0.2, 0.25) is 0 Å². The first-order chi connectivity index (χ1) is 12.1. The van der Waals surface area contributed by atoms with E-state index >= 15 is 0 Å². The van der Waals surface area contributed by atoms with Crippen LogP contribution >= 0.6 is 0 Å². The van der Waals surface area contributed by atoms with Crippen LogP contribution in [0.5, 0.6) is 0 Å². The standard InChI is InChI=1S/C19H32O7/c1-5-7-11(3)17-18(4,26-17)16(23)12(9-20)15(22)13-10-25-19(24,6-2)8-14(13)21/h5,7,11-14,16-17,20-21,23-24H,6,8-10H2,1-4H3/t11-,12-,13?,14?,16-,17+,18?,19?/m0/s1. The molecule has 0 aromatic rings. The summed E-state index contributed by atoms with van der Waals surface area (Å²) in [4.78, 5) is 12.8. The highest BCUT2D eigenvalue weighted by atomic mass is 16.6. The second-order valence-electron chi connectivity index (χ2n) is 7.73. The zero-order valence-corrected chi connectivity index (χ0v) is 16.0. The van der Waals surface area contributed by atoms with E-state index in [0.29, 0.717) is 6.42 Å². The second kappa shape index (κ2) is 8.04. The number of Topliss-reactive ketones (excluding diaryl/α,β-unsaturated/α-hetero) is 1. The van der Waals surface area contributed by atoms with Gasteiger partial charge in [0.05, 0.1) is 43.4 Å². The zero-order chi connectivity index (χ0) is 19.7. The zero-order valence-electron chi connectivity index (χ0n) is 16.0. The summed E-state index contributed by atoms with van der Waals surface area (Å²) in [7, 11) is 0. The molecule has 0 aromatic carbocycles. The van der Waals surface area contributed by atoms with Gasteiger partial charge in [-0.25, -0.2) is 0 Å². The van der Waals surface area contributed by atoms with E-state index in [4.69, 9.17) is 9.47 Å². The van der Waals surface area contributed by atoms with Gasteiger partial charge in [0, 0.05) is 12.3 Å². The number of rotatable bonds is 8. The molecule has 0 saturated carbocycles. The number of aliphatic hydroxyl groups is 4. The highest BCUT2D eigenvalue weighted by Crippen LogP contribution is 2.47. The van der Waals surface area contributed by atoms with Crippen molar-refractivity contribution < 1.29 is 34.7 Å². The molecule has 7 heteroatoms. The van der Waals surface area contributed by atoms with Crippen molar-refractivity contribution in [3.05, 3.63) is 12.2 Å². The molecule has 7 nitrogen and oxygen atoms in total. The van der Waals surface area contributed by atoms with Crippen LogP contribution in [0, 0.1) is 17.8 Å². The van der Waals surface area contributed by atoms with E-state index in [1.165, 1.54) is 0 Å². The summed E-state index contributed by atoms with van der Waals surface area (Å²) in [5.41, 5.74) is -0.924. The Morgan fingerprint density at radius 2 is 2.08 bits per heavy atom. The lowest BCUT2D eigenvalue weighted by Crippen LogP contribution is -2.53. The average Bonchev–Trinajstić information content (AvgIpc) is 3.29. The van der Waals surface area contributed by atoms with Gasteiger partial charge in [-0.15, -0.1) is 0 Å². The molecule has 2 fully saturated rings. The SMILES string of the molecule is CC=C[C@H](C)[C@H]1OC1(C)[C@@H](O)[C@@H](CO)C(=O)C1COC(O)(CC)CC1O. The molecule has 2 aliphatic rings. The molecule has 8 atom stereocenters. The Labute approximate surface area is 154 Å². The van der Waals surface area contributed by atoms with Gasteiger partial charge < -0.3 is 29.9 Å². The lowest BCUT2D eigenvalue weighted by Gasteiger charge is -2.39. The topological polar surface area (TPSA) is 120 Å². The van der Waals surface area contributed by atoms with Crippen molar-refractivity contribution in [2.75, 3.05) is 13.2 Å². The third kappa shape index (κ3) is 4.03. The summed E-state index contributed by atoms with van der Waals surface area (Å²) in [5, 5.41) is 40.9. The number of carbonyl (C=O) groups excluding carboxylic acids is 1. The Bertz CT molecular complexity index is 536. The smallest absolute Gasteiger partial charge is 0.167 e. The van der Waals surface area contributed by atoms with Crippen LogP contribution in [-0.4, -0.2) is 69.1 Å². The molecule has 2 aliphatic heterocycles. The van der Waals surface area contributed by atoms with E-state index < -0.39 is 47.8 Å². The highest BCUT2D eigenvalue weighted by Gasteiger charge is 2.62. The lowest BCUT2D eigenvalue weighted by atomic mass is 9.78. The monoisotopic (exact) mass is 372 g/mol. The van der Waals surface area contributed by atoms with Crippen molar-refractivity contribution >= 4 is 5.78 Å². The van der Waals surface area contributed by atoms with Crippen LogP contribution < -0.4 is 0 Å². The maximum Gasteiger partial charge on any atom is 0.167 e. The van der Waals surface area contributed by atoms with Crippen LogP contribution in [0.1, 0.15) is 40.5 Å². The molecular weight excluding hydrogens is 340 g/mol. The molecule has 26 heavy (non-hydrogen) atoms. The number of carbonyl (C=O) groups is 1. The molecule has 0 aromatic heterocycles. The van der Waals surface area contributed by atoms with Crippen molar-refractivity contribution in [2.45, 2.75) is 70.2 Å². The fourth-order valence-electron chi connectivity index (χ4n) is 3.93. The maximum atomic E-state index is 12.8. The van der Waals surface area contributed by atoms with Gasteiger partial charge in [0.25, 0.3) is 0 Å². The summed E-state index contributed by atoms with van der Waals surface area (Å²) in [6.45, 7) is 6.61. The quantitative estimate of drug-likeness (QED) is 0.359. The number of hydrogen-bond donors (Lipinski definition) is 4. The van der Waals surface area contributed by atoms with E-state index in [1.54, 1.807) is 13.8 Å². The number of epoxide rings is 1. The first-order valence-corrected chi connectivity index (χ1v) is 9.31. The third-order valence-electron chi connectivity index (χ3n) is 5.83. The van der Waals surface area contributed by atoms with Crippen molar-refractivity contribution in [3.63, 3.8) is 0 Å². The highest BCUT2D eigenvalue weighted by molar-refractivity contribution is 5.85. The van der Waals surface area contributed by atoms with Gasteiger partial charge in [-0.3, -0.25) is 4.79 Å². The molecule has 4 unspecified atom stereocenters. The van der Waals surface area contributed by atoms with E-state index in [1.807, 2.05) is 26.0 Å². The molecule has 0 aliphatic carbocycles. The lowest BCUT2D eigenvalue weighted by molar-refractivity contribution is -0.258. The summed E-state index contributed by atoms with van der Waals surface area (Å²) in [6, 6.07) is 0. The fourth-order valence-corrected chi connectivity index (χ4v) is 3.93. The summed E-state index contributed by atoms with van der Waals surface area (Å²) in [5.74, 6) is -3.83. The van der Waals surface area contributed by atoms with Crippen LogP contribution in [0.4, 0.5) is 0 Å². The fraction of sp³-hybridized carbons (Fsp3) is 0.842. The number of ketones is 1. The molecule has 150 valence electrons. The van der Waals surface area contributed by atoms with Gasteiger partial charge in [0.1, 0.15) is 11.4 Å². The average molecular weight is 372 g/mol. The van der Waals surface area contributed by atoms with Gasteiger partial charge >= 0.3 is 0 Å². The Hall–Kier alpha value is -0.830. The molecule has 0 amide bonds. The molecule has 2 heterocycles. The largest absolute Gasteiger partial charge is 0.396 e. The molecule has 0 radical (unpaired) electrons. The minimum absolute atomic E-state index is 0.0669. The van der Waals surface area contributed by atoms with Gasteiger partial charge in [-0.2, -0.15) is 0 Å². The van der Waals surface area contributed by atoms with Crippen molar-refractivity contribution in [1.82, 2.24) is 0 Å². The first-order valence-electron chi connectivity index (χ1n) is 9.31. The normalized spacial score (nSPS) is 41.0. The maximum absolute atomic E-state index is 12.8. The molecule has 2 saturated heterocycles. The summed E-state index contributed by atoms with van der Waals surface area (Å²) in [6.07, 6.45) is 1.55. The number of hydrogen-bond acceptors (Lipinski definition) is 7. The predicted octanol–water partition coefficient (Wildman–Crippen LogP) is 0.391. The molecule has 0 bridgehead atoms. The Morgan fingerprint density at radius 3 is 2.58 bits per heavy atom. The number of allylic oxidation sites excluding steroid dienone is 1. The summed E-state index contributed by atoms with van der Waals surface area (Å²) < 4.78 is 11.0. The van der Waals surface area contributed by atoms with Crippen LogP contribution in [0.15, 0.2) is 12.2 Å². The Morgan fingerprint density at radius 1 is 1.42 bits per heavy atom. The molecule has 4 N–H and O–H groups in total. The molecule has 0 spiro atoms. The number of ether oxygens (including phenoxy) is 2. The van der Waals surface area contributed by atoms with E-state index in [9.17, 15) is 25.2 Å². The van der Waals surface area contributed by atoms with Gasteiger partial charge in [-0.05, 0) is 20.3 Å².